The smallest absolute Gasteiger partial charge is 0.317 e. The molecule has 24 heavy (non-hydrogen) atoms. The maximum Gasteiger partial charge on any atom is 0.317 e. The van der Waals surface area contributed by atoms with Gasteiger partial charge in [0.05, 0.1) is 20.3 Å². The predicted molar refractivity (Wildman–Crippen MR) is 87.0 cm³/mol. The number of urea groups is 1. The lowest BCUT2D eigenvalue weighted by Crippen LogP contribution is -2.57. The Morgan fingerprint density at radius 1 is 1.54 bits per heavy atom. The molecule has 1 fully saturated rings. The van der Waals surface area contributed by atoms with Crippen LogP contribution in [0.3, 0.4) is 0 Å². The quantitative estimate of drug-likeness (QED) is 0.876. The summed E-state index contributed by atoms with van der Waals surface area (Å²) in [5.74, 6) is 0.660. The van der Waals surface area contributed by atoms with E-state index < -0.39 is 12.0 Å². The summed E-state index contributed by atoms with van der Waals surface area (Å²) in [6.45, 7) is 1.91. The minimum atomic E-state index is -2.65. The van der Waals surface area contributed by atoms with Crippen LogP contribution in [-0.2, 0) is 11.2 Å². The van der Waals surface area contributed by atoms with Crippen LogP contribution in [0.5, 0.6) is 5.75 Å². The molecule has 1 aliphatic heterocycles. The Morgan fingerprint density at radius 2 is 2.29 bits per heavy atom. The van der Waals surface area contributed by atoms with Crippen LogP contribution in [0.2, 0.25) is 5.02 Å². The van der Waals surface area contributed by atoms with Gasteiger partial charge in [-0.2, -0.15) is 0 Å². The average Bonchev–Trinajstić information content (AvgIpc) is 2.56. The van der Waals surface area contributed by atoms with Crippen molar-refractivity contribution >= 4 is 17.6 Å². The molecule has 0 aliphatic carbocycles. The largest absolute Gasteiger partial charge is 0.497 e. The number of nitrogens with zero attached hydrogens (tertiary/aromatic N) is 1. The highest BCUT2D eigenvalue weighted by molar-refractivity contribution is 6.31. The molecule has 0 aromatic heterocycles. The SMILES string of the molecule is COc1ccc(CCNC(=O)N2CCOC(C)(C(F)F)C2)c(Cl)c1. The molecular weight excluding hydrogens is 342 g/mol. The zero-order valence-corrected chi connectivity index (χ0v) is 14.4. The first-order valence-electron chi connectivity index (χ1n) is 7.63. The van der Waals surface area contributed by atoms with E-state index in [0.29, 0.717) is 23.7 Å². The summed E-state index contributed by atoms with van der Waals surface area (Å²) in [6.07, 6.45) is -2.11. The third kappa shape index (κ3) is 4.48. The Labute approximate surface area is 144 Å². The zero-order chi connectivity index (χ0) is 17.7. The number of benzene rings is 1. The molecule has 8 heteroatoms. The molecule has 2 rings (SSSR count). The van der Waals surface area contributed by atoms with Crippen molar-refractivity contribution in [2.24, 2.45) is 0 Å². The number of amides is 2. The Morgan fingerprint density at radius 3 is 2.92 bits per heavy atom. The molecule has 0 bridgehead atoms. The maximum absolute atomic E-state index is 13.0. The number of methoxy groups -OCH3 is 1. The second-order valence-corrected chi connectivity index (χ2v) is 6.23. The molecule has 5 nitrogen and oxygen atoms in total. The fourth-order valence-corrected chi connectivity index (χ4v) is 2.74. The molecule has 1 aromatic rings. The molecule has 1 saturated heterocycles. The van der Waals surface area contributed by atoms with Crippen molar-refractivity contribution in [2.75, 3.05) is 33.4 Å². The Balaban J connectivity index is 1.85. The fraction of sp³-hybridized carbons (Fsp3) is 0.562. The molecule has 1 unspecified atom stereocenters. The number of hydrogen-bond acceptors (Lipinski definition) is 3. The Kier molecular flexibility index (Phi) is 6.23. The topological polar surface area (TPSA) is 50.8 Å². The van der Waals surface area contributed by atoms with E-state index in [2.05, 4.69) is 5.32 Å². The standard InChI is InChI=1S/C16H21ClF2N2O3/c1-16(14(18)19)10-21(7-8-24-16)15(22)20-6-5-11-3-4-12(23-2)9-13(11)17/h3-4,9,14H,5-8,10H2,1-2H3,(H,20,22). The molecule has 1 aromatic carbocycles. The summed E-state index contributed by atoms with van der Waals surface area (Å²) in [6, 6.07) is 4.94. The molecule has 2 amide bonds. The van der Waals surface area contributed by atoms with Gasteiger partial charge in [-0.15, -0.1) is 0 Å². The molecule has 0 saturated carbocycles. The number of carbonyl (C=O) groups excluding carboxylic acids is 1. The van der Waals surface area contributed by atoms with Gasteiger partial charge in [0.25, 0.3) is 6.43 Å². The van der Waals surface area contributed by atoms with Crippen molar-refractivity contribution in [3.8, 4) is 5.75 Å². The number of halogens is 3. The fourth-order valence-electron chi connectivity index (χ4n) is 2.47. The monoisotopic (exact) mass is 362 g/mol. The van der Waals surface area contributed by atoms with Gasteiger partial charge < -0.3 is 19.7 Å². The van der Waals surface area contributed by atoms with Crippen LogP contribution in [0, 0.1) is 0 Å². The van der Waals surface area contributed by atoms with Gasteiger partial charge in [0, 0.05) is 18.1 Å². The second kappa shape index (κ2) is 7.98. The van der Waals surface area contributed by atoms with Gasteiger partial charge in [0.15, 0.2) is 0 Å². The molecular formula is C16H21ClF2N2O3. The van der Waals surface area contributed by atoms with E-state index in [1.165, 1.54) is 11.8 Å². The summed E-state index contributed by atoms with van der Waals surface area (Å²) >= 11 is 6.14. The summed E-state index contributed by atoms with van der Waals surface area (Å²) < 4.78 is 36.2. The van der Waals surface area contributed by atoms with Gasteiger partial charge in [0.1, 0.15) is 11.4 Å². The summed E-state index contributed by atoms with van der Waals surface area (Å²) in [5, 5.41) is 3.29. The normalized spacial score (nSPS) is 21.0. The summed E-state index contributed by atoms with van der Waals surface area (Å²) in [5.41, 5.74) is -0.744. The number of morpholine rings is 1. The Bertz CT molecular complexity index is 588. The van der Waals surface area contributed by atoms with E-state index in [0.717, 1.165) is 5.56 Å². The first-order valence-corrected chi connectivity index (χ1v) is 8.01. The molecule has 1 atom stereocenters. The number of rotatable bonds is 5. The lowest BCUT2D eigenvalue weighted by Gasteiger charge is -2.39. The van der Waals surface area contributed by atoms with Gasteiger partial charge in [-0.05, 0) is 31.0 Å². The van der Waals surface area contributed by atoms with Crippen molar-refractivity contribution in [3.05, 3.63) is 28.8 Å². The van der Waals surface area contributed by atoms with Crippen molar-refractivity contribution in [3.63, 3.8) is 0 Å². The zero-order valence-electron chi connectivity index (χ0n) is 13.7. The van der Waals surface area contributed by atoms with E-state index in [4.69, 9.17) is 21.1 Å². The molecule has 0 spiro atoms. The van der Waals surface area contributed by atoms with E-state index in [1.807, 2.05) is 6.07 Å². The first kappa shape index (κ1) is 18.7. The number of ether oxygens (including phenoxy) is 2. The van der Waals surface area contributed by atoms with E-state index >= 15 is 0 Å². The van der Waals surface area contributed by atoms with Crippen molar-refractivity contribution < 1.29 is 23.0 Å². The van der Waals surface area contributed by atoms with E-state index in [1.54, 1.807) is 19.2 Å². The molecule has 0 radical (unpaired) electrons. The van der Waals surface area contributed by atoms with Crippen LogP contribution >= 0.6 is 11.6 Å². The third-order valence-electron chi connectivity index (χ3n) is 3.98. The van der Waals surface area contributed by atoms with Gasteiger partial charge in [-0.25, -0.2) is 13.6 Å². The van der Waals surface area contributed by atoms with Crippen molar-refractivity contribution in [1.29, 1.82) is 0 Å². The van der Waals surface area contributed by atoms with Gasteiger partial charge >= 0.3 is 6.03 Å². The van der Waals surface area contributed by atoms with Crippen LogP contribution in [0.1, 0.15) is 12.5 Å². The highest BCUT2D eigenvalue weighted by Gasteiger charge is 2.41. The van der Waals surface area contributed by atoms with Crippen LogP contribution in [0.15, 0.2) is 18.2 Å². The van der Waals surface area contributed by atoms with Gasteiger partial charge in [0.2, 0.25) is 0 Å². The summed E-state index contributed by atoms with van der Waals surface area (Å²) in [7, 11) is 1.56. The van der Waals surface area contributed by atoms with E-state index in [-0.39, 0.29) is 25.7 Å². The lowest BCUT2D eigenvalue weighted by molar-refractivity contribution is -0.161. The number of hydrogen-bond donors (Lipinski definition) is 1. The van der Waals surface area contributed by atoms with Crippen LogP contribution < -0.4 is 10.1 Å². The highest BCUT2D eigenvalue weighted by atomic mass is 35.5. The molecule has 134 valence electrons. The molecule has 1 aliphatic rings. The van der Waals surface area contributed by atoms with Crippen molar-refractivity contribution in [2.45, 2.75) is 25.4 Å². The maximum atomic E-state index is 13.0. The highest BCUT2D eigenvalue weighted by Crippen LogP contribution is 2.25. The Hall–Kier alpha value is -1.60. The minimum Gasteiger partial charge on any atom is -0.497 e. The third-order valence-corrected chi connectivity index (χ3v) is 4.33. The van der Waals surface area contributed by atoms with Gasteiger partial charge in [-0.3, -0.25) is 0 Å². The van der Waals surface area contributed by atoms with Gasteiger partial charge in [-0.1, -0.05) is 17.7 Å². The average molecular weight is 363 g/mol. The minimum absolute atomic E-state index is 0.0958. The number of carbonyl (C=O) groups is 1. The second-order valence-electron chi connectivity index (χ2n) is 5.82. The van der Waals surface area contributed by atoms with Crippen LogP contribution in [0.4, 0.5) is 13.6 Å². The summed E-state index contributed by atoms with van der Waals surface area (Å²) in [4.78, 5) is 13.5. The van der Waals surface area contributed by atoms with Crippen molar-refractivity contribution in [1.82, 2.24) is 10.2 Å². The number of nitrogens with one attached hydrogen (secondary N) is 1. The predicted octanol–water partition coefficient (Wildman–Crippen LogP) is 2.96. The van der Waals surface area contributed by atoms with E-state index in [9.17, 15) is 13.6 Å². The molecule has 1 N–H and O–H groups in total. The van der Waals surface area contributed by atoms with Crippen LogP contribution in [0.25, 0.3) is 0 Å². The molecule has 1 heterocycles. The lowest BCUT2D eigenvalue weighted by atomic mass is 10.1. The van der Waals surface area contributed by atoms with Crippen LogP contribution in [-0.4, -0.2) is 56.3 Å². The number of alkyl halides is 2. The first-order chi connectivity index (χ1) is 11.4.